The van der Waals surface area contributed by atoms with Crippen LogP contribution in [0.5, 0.6) is 5.75 Å². The molecule has 86 valence electrons. The maximum Gasteiger partial charge on any atom is 0.153 e. The summed E-state index contributed by atoms with van der Waals surface area (Å²) in [5, 5.41) is 11.8. The number of carbonyl (C=O) groups is 1. The van der Waals surface area contributed by atoms with Gasteiger partial charge in [0.15, 0.2) is 6.29 Å². The van der Waals surface area contributed by atoms with Crippen LogP contribution in [-0.2, 0) is 12.8 Å². The molecule has 0 spiro atoms. The molecule has 2 aromatic carbocycles. The van der Waals surface area contributed by atoms with E-state index in [0.717, 1.165) is 23.6 Å². The molecule has 2 heteroatoms. The van der Waals surface area contributed by atoms with Crippen molar-refractivity contribution in [1.29, 1.82) is 0 Å². The van der Waals surface area contributed by atoms with Gasteiger partial charge in [0, 0.05) is 5.39 Å². The van der Waals surface area contributed by atoms with Crippen molar-refractivity contribution in [3.8, 4) is 5.75 Å². The molecule has 0 fully saturated rings. The molecule has 2 nitrogen and oxygen atoms in total. The lowest BCUT2D eigenvalue weighted by Crippen LogP contribution is -2.02. The van der Waals surface area contributed by atoms with E-state index in [1.54, 1.807) is 6.07 Å². The zero-order valence-electron chi connectivity index (χ0n) is 9.57. The zero-order valence-corrected chi connectivity index (χ0v) is 9.57. The van der Waals surface area contributed by atoms with Crippen LogP contribution < -0.4 is 0 Å². The molecular weight excluding hydrogens is 212 g/mol. The van der Waals surface area contributed by atoms with E-state index >= 15 is 0 Å². The summed E-state index contributed by atoms with van der Waals surface area (Å²) in [6.45, 7) is 0. The molecule has 0 atom stereocenters. The smallest absolute Gasteiger partial charge is 0.153 e. The molecule has 2 aromatic rings. The predicted molar refractivity (Wildman–Crippen MR) is 67.6 cm³/mol. The summed E-state index contributed by atoms with van der Waals surface area (Å²) in [7, 11) is 0. The van der Waals surface area contributed by atoms with E-state index in [1.165, 1.54) is 24.0 Å². The molecule has 1 aliphatic carbocycles. The Morgan fingerprint density at radius 3 is 2.47 bits per heavy atom. The minimum Gasteiger partial charge on any atom is -0.507 e. The van der Waals surface area contributed by atoms with Crippen LogP contribution >= 0.6 is 0 Å². The minimum absolute atomic E-state index is 0.117. The summed E-state index contributed by atoms with van der Waals surface area (Å²) in [5.41, 5.74) is 3.08. The molecule has 0 saturated carbocycles. The molecule has 1 N–H and O–H groups in total. The third-order valence-corrected chi connectivity index (χ3v) is 3.61. The number of hydrogen-bond donors (Lipinski definition) is 1. The number of aldehydes is 1. The first-order chi connectivity index (χ1) is 8.29. The Morgan fingerprint density at radius 1 is 1.06 bits per heavy atom. The Balaban J connectivity index is 2.30. The molecule has 0 saturated heterocycles. The lowest BCUT2D eigenvalue weighted by atomic mass is 9.89. The molecule has 0 aromatic heterocycles. The number of fused-ring (bicyclic) bond motifs is 2. The summed E-state index contributed by atoms with van der Waals surface area (Å²) >= 11 is 0. The number of aromatic hydroxyl groups is 1. The van der Waals surface area contributed by atoms with Crippen LogP contribution in [0.2, 0.25) is 0 Å². The van der Waals surface area contributed by atoms with Crippen molar-refractivity contribution >= 4 is 17.1 Å². The highest BCUT2D eigenvalue weighted by Gasteiger charge is 2.13. The summed E-state index contributed by atoms with van der Waals surface area (Å²) < 4.78 is 0. The molecule has 3 rings (SSSR count). The normalized spacial score (nSPS) is 14.6. The number of phenols is 1. The van der Waals surface area contributed by atoms with Gasteiger partial charge in [-0.2, -0.15) is 0 Å². The van der Waals surface area contributed by atoms with Crippen molar-refractivity contribution in [2.24, 2.45) is 0 Å². The Labute approximate surface area is 99.9 Å². The second-order valence-electron chi connectivity index (χ2n) is 4.67. The van der Waals surface area contributed by atoms with Crippen molar-refractivity contribution in [1.82, 2.24) is 0 Å². The number of phenolic OH excluding ortho intramolecular Hbond substituents is 1. The molecule has 0 aliphatic heterocycles. The van der Waals surface area contributed by atoms with Crippen LogP contribution in [-0.4, -0.2) is 11.4 Å². The van der Waals surface area contributed by atoms with Crippen LogP contribution in [0.3, 0.4) is 0 Å². The first-order valence-electron chi connectivity index (χ1n) is 6.02. The highest BCUT2D eigenvalue weighted by molar-refractivity contribution is 5.96. The van der Waals surface area contributed by atoms with Gasteiger partial charge in [-0.1, -0.05) is 12.1 Å². The van der Waals surface area contributed by atoms with Gasteiger partial charge in [-0.05, 0) is 54.3 Å². The van der Waals surface area contributed by atoms with E-state index in [-0.39, 0.29) is 5.75 Å². The number of benzene rings is 2. The first kappa shape index (κ1) is 10.3. The van der Waals surface area contributed by atoms with E-state index < -0.39 is 0 Å². The number of aryl methyl sites for hydroxylation is 2. The van der Waals surface area contributed by atoms with Gasteiger partial charge in [0.2, 0.25) is 0 Å². The number of hydrogen-bond acceptors (Lipinski definition) is 2. The third kappa shape index (κ3) is 1.60. The highest BCUT2D eigenvalue weighted by atomic mass is 16.3. The standard InChI is InChI=1S/C15H14O2/c16-9-13-6-5-12-7-10-3-1-2-4-11(10)8-14(12)15(13)17/h5-9,17H,1-4H2. The van der Waals surface area contributed by atoms with Crippen molar-refractivity contribution < 1.29 is 9.90 Å². The second-order valence-corrected chi connectivity index (χ2v) is 4.67. The van der Waals surface area contributed by atoms with Crippen LogP contribution in [0.25, 0.3) is 10.8 Å². The molecular formula is C15H14O2. The SMILES string of the molecule is O=Cc1ccc2cc3c(cc2c1O)CCCC3. The largest absolute Gasteiger partial charge is 0.507 e. The van der Waals surface area contributed by atoms with Gasteiger partial charge in [0.1, 0.15) is 5.75 Å². The number of carbonyl (C=O) groups excluding carboxylic acids is 1. The third-order valence-electron chi connectivity index (χ3n) is 3.61. The lowest BCUT2D eigenvalue weighted by molar-refractivity contribution is 0.112. The van der Waals surface area contributed by atoms with Crippen molar-refractivity contribution in [2.45, 2.75) is 25.7 Å². The summed E-state index contributed by atoms with van der Waals surface area (Å²) in [6, 6.07) is 7.79. The van der Waals surface area contributed by atoms with Crippen LogP contribution in [0, 0.1) is 0 Å². The van der Waals surface area contributed by atoms with Crippen molar-refractivity contribution in [2.75, 3.05) is 0 Å². The second kappa shape index (κ2) is 3.88. The molecule has 17 heavy (non-hydrogen) atoms. The van der Waals surface area contributed by atoms with E-state index in [4.69, 9.17) is 0 Å². The fourth-order valence-electron chi connectivity index (χ4n) is 2.66. The Hall–Kier alpha value is -1.83. The van der Waals surface area contributed by atoms with Gasteiger partial charge in [0.05, 0.1) is 5.56 Å². The summed E-state index contributed by atoms with van der Waals surface area (Å²) in [5.74, 6) is 0.117. The quantitative estimate of drug-likeness (QED) is 0.758. The zero-order chi connectivity index (χ0) is 11.8. The predicted octanol–water partition coefficient (Wildman–Crippen LogP) is 3.24. The van der Waals surface area contributed by atoms with Gasteiger partial charge < -0.3 is 5.11 Å². The van der Waals surface area contributed by atoms with E-state index in [0.29, 0.717) is 11.8 Å². The topological polar surface area (TPSA) is 37.3 Å². The lowest BCUT2D eigenvalue weighted by Gasteiger charge is -2.17. The average Bonchev–Trinajstić information content (AvgIpc) is 2.37. The summed E-state index contributed by atoms with van der Waals surface area (Å²) in [4.78, 5) is 10.8. The van der Waals surface area contributed by atoms with Crippen LogP contribution in [0.1, 0.15) is 34.3 Å². The maximum atomic E-state index is 10.8. The van der Waals surface area contributed by atoms with Gasteiger partial charge in [-0.15, -0.1) is 0 Å². The minimum atomic E-state index is 0.117. The van der Waals surface area contributed by atoms with Gasteiger partial charge in [-0.3, -0.25) is 4.79 Å². The highest BCUT2D eigenvalue weighted by Crippen LogP contribution is 2.32. The van der Waals surface area contributed by atoms with Crippen LogP contribution in [0.15, 0.2) is 24.3 Å². The fraction of sp³-hybridized carbons (Fsp3) is 0.267. The van der Waals surface area contributed by atoms with E-state index in [1.807, 2.05) is 12.1 Å². The fourth-order valence-corrected chi connectivity index (χ4v) is 2.66. The van der Waals surface area contributed by atoms with Gasteiger partial charge in [0.25, 0.3) is 0 Å². The molecule has 0 amide bonds. The van der Waals surface area contributed by atoms with Crippen molar-refractivity contribution in [3.05, 3.63) is 41.0 Å². The maximum absolute atomic E-state index is 10.8. The van der Waals surface area contributed by atoms with E-state index in [2.05, 4.69) is 6.07 Å². The average molecular weight is 226 g/mol. The first-order valence-corrected chi connectivity index (χ1v) is 6.02. The Bertz CT molecular complexity index is 599. The van der Waals surface area contributed by atoms with Gasteiger partial charge >= 0.3 is 0 Å². The molecule has 1 aliphatic rings. The van der Waals surface area contributed by atoms with Gasteiger partial charge in [-0.25, -0.2) is 0 Å². The molecule has 0 unspecified atom stereocenters. The Morgan fingerprint density at radius 2 is 1.76 bits per heavy atom. The summed E-state index contributed by atoms with van der Waals surface area (Å²) in [6.07, 6.45) is 5.37. The monoisotopic (exact) mass is 226 g/mol. The molecule has 0 bridgehead atoms. The molecule has 0 heterocycles. The number of rotatable bonds is 1. The van der Waals surface area contributed by atoms with E-state index in [9.17, 15) is 9.90 Å². The van der Waals surface area contributed by atoms with Crippen LogP contribution in [0.4, 0.5) is 0 Å². The Kier molecular flexibility index (Phi) is 2.36. The van der Waals surface area contributed by atoms with Crippen molar-refractivity contribution in [3.63, 3.8) is 0 Å². The molecule has 0 radical (unpaired) electrons.